The van der Waals surface area contributed by atoms with E-state index < -0.39 is 0 Å². The van der Waals surface area contributed by atoms with Crippen LogP contribution in [0.5, 0.6) is 0 Å². The second kappa shape index (κ2) is 8.85. The zero-order valence-electron chi connectivity index (χ0n) is 19.4. The number of ether oxygens (including phenoxy) is 2. The molecule has 1 fully saturated rings. The summed E-state index contributed by atoms with van der Waals surface area (Å²) >= 11 is 0. The fourth-order valence-corrected chi connectivity index (χ4v) is 5.16. The molecule has 5 heterocycles. The maximum absolute atomic E-state index is 13.7. The molecular weight excluding hydrogens is 430 g/mol. The number of rotatable bonds is 5. The minimum atomic E-state index is -0.0375. The third kappa shape index (κ3) is 3.76. The van der Waals surface area contributed by atoms with Crippen LogP contribution < -0.4 is 5.69 Å². The molecule has 1 aliphatic carbocycles. The first-order chi connectivity index (χ1) is 16.7. The van der Waals surface area contributed by atoms with Gasteiger partial charge in [0.25, 0.3) is 0 Å². The first-order valence-corrected chi connectivity index (χ1v) is 12.1. The Bertz CT molecular complexity index is 1420. The average molecular weight is 460 g/mol. The molecule has 1 N–H and O–H groups in total. The van der Waals surface area contributed by atoms with E-state index >= 15 is 0 Å². The van der Waals surface area contributed by atoms with Gasteiger partial charge in [-0.3, -0.25) is 4.57 Å². The molecule has 0 unspecified atom stereocenters. The molecule has 34 heavy (non-hydrogen) atoms. The third-order valence-corrected chi connectivity index (χ3v) is 7.11. The Morgan fingerprint density at radius 2 is 2.06 bits per heavy atom. The second-order valence-electron chi connectivity index (χ2n) is 9.27. The van der Waals surface area contributed by atoms with Crippen LogP contribution in [-0.2, 0) is 16.0 Å². The van der Waals surface area contributed by atoms with Gasteiger partial charge in [-0.2, -0.15) is 0 Å². The van der Waals surface area contributed by atoms with E-state index in [4.69, 9.17) is 14.5 Å². The van der Waals surface area contributed by atoms with Crippen molar-refractivity contribution in [2.24, 2.45) is 0 Å². The molecule has 2 atom stereocenters. The fourth-order valence-electron chi connectivity index (χ4n) is 5.16. The Labute approximate surface area is 197 Å². The Kier molecular flexibility index (Phi) is 5.55. The molecule has 8 heteroatoms. The first kappa shape index (κ1) is 21.3. The Morgan fingerprint density at radius 1 is 1.18 bits per heavy atom. The maximum Gasteiger partial charge on any atom is 0.334 e. The molecule has 0 radical (unpaired) electrons. The van der Waals surface area contributed by atoms with E-state index in [1.54, 1.807) is 7.11 Å². The van der Waals surface area contributed by atoms with Crippen molar-refractivity contribution in [3.63, 3.8) is 0 Å². The summed E-state index contributed by atoms with van der Waals surface area (Å²) in [6.07, 6.45) is 13.8. The van der Waals surface area contributed by atoms with Crippen LogP contribution >= 0.6 is 0 Å². The number of nitrogens with one attached hydrogen (secondary N) is 1. The van der Waals surface area contributed by atoms with Crippen LogP contribution in [0.1, 0.15) is 38.5 Å². The molecule has 6 rings (SSSR count). The van der Waals surface area contributed by atoms with Crippen molar-refractivity contribution >= 4 is 27.9 Å². The maximum atomic E-state index is 13.7. The predicted molar refractivity (Wildman–Crippen MR) is 132 cm³/mol. The minimum Gasteiger partial charge on any atom is -0.379 e. The summed E-state index contributed by atoms with van der Waals surface area (Å²) in [5.74, 6) is 0. The molecule has 0 aromatic carbocycles. The van der Waals surface area contributed by atoms with Crippen LogP contribution in [0, 0.1) is 0 Å². The molecule has 0 amide bonds. The summed E-state index contributed by atoms with van der Waals surface area (Å²) in [6.45, 7) is 1.07. The van der Waals surface area contributed by atoms with Crippen LogP contribution in [-0.4, -0.2) is 50.0 Å². The number of allylic oxidation sites excluding steroid dienone is 2. The zero-order chi connectivity index (χ0) is 23.1. The lowest BCUT2D eigenvalue weighted by molar-refractivity contribution is -0.0757. The SMILES string of the molecule is CO[C@H]1CC[C@@H](Cn2c(=O)n(C3=CCCCC3)c3ncc(-c4cnc5[nH]ccc5c4)cc32)OC1. The van der Waals surface area contributed by atoms with Gasteiger partial charge in [0.2, 0.25) is 0 Å². The van der Waals surface area contributed by atoms with Crippen molar-refractivity contribution in [1.82, 2.24) is 24.1 Å². The minimum absolute atomic E-state index is 0.0231. The number of methoxy groups -OCH3 is 1. The summed E-state index contributed by atoms with van der Waals surface area (Å²) in [5.41, 5.74) is 5.33. The summed E-state index contributed by atoms with van der Waals surface area (Å²) < 4.78 is 15.1. The number of aromatic amines is 1. The van der Waals surface area contributed by atoms with Gasteiger partial charge in [-0.1, -0.05) is 6.08 Å². The quantitative estimate of drug-likeness (QED) is 0.479. The highest BCUT2D eigenvalue weighted by Gasteiger charge is 2.25. The van der Waals surface area contributed by atoms with E-state index in [1.165, 1.54) is 6.42 Å². The highest BCUT2D eigenvalue weighted by molar-refractivity contribution is 5.85. The predicted octanol–water partition coefficient (Wildman–Crippen LogP) is 4.35. The average Bonchev–Trinajstić information content (AvgIpc) is 3.46. The topological polar surface area (TPSA) is 87.0 Å². The van der Waals surface area contributed by atoms with Gasteiger partial charge in [0.15, 0.2) is 5.65 Å². The van der Waals surface area contributed by atoms with Gasteiger partial charge in [0.05, 0.1) is 30.9 Å². The first-order valence-electron chi connectivity index (χ1n) is 12.1. The highest BCUT2D eigenvalue weighted by atomic mass is 16.5. The van der Waals surface area contributed by atoms with E-state index in [0.717, 1.165) is 65.5 Å². The van der Waals surface area contributed by atoms with Crippen molar-refractivity contribution < 1.29 is 9.47 Å². The number of fused-ring (bicyclic) bond motifs is 2. The largest absolute Gasteiger partial charge is 0.379 e. The fraction of sp³-hybridized carbons (Fsp3) is 0.423. The van der Waals surface area contributed by atoms with Gasteiger partial charge in [-0.15, -0.1) is 0 Å². The van der Waals surface area contributed by atoms with E-state index in [2.05, 4.69) is 28.2 Å². The van der Waals surface area contributed by atoms with Crippen LogP contribution in [0.15, 0.2) is 47.7 Å². The molecule has 1 saturated heterocycles. The van der Waals surface area contributed by atoms with E-state index in [0.29, 0.717) is 18.8 Å². The van der Waals surface area contributed by atoms with Crippen LogP contribution in [0.3, 0.4) is 0 Å². The highest BCUT2D eigenvalue weighted by Crippen LogP contribution is 2.28. The summed E-state index contributed by atoms with van der Waals surface area (Å²) in [4.78, 5) is 26.2. The van der Waals surface area contributed by atoms with Gasteiger partial charge in [-0.25, -0.2) is 19.3 Å². The molecule has 4 aromatic heterocycles. The number of imidazole rings is 1. The van der Waals surface area contributed by atoms with E-state index in [-0.39, 0.29) is 17.9 Å². The number of hydrogen-bond donors (Lipinski definition) is 1. The molecule has 0 bridgehead atoms. The van der Waals surface area contributed by atoms with Gasteiger partial charge in [0, 0.05) is 47.9 Å². The lowest BCUT2D eigenvalue weighted by atomic mass is 10.0. The molecule has 2 aliphatic rings. The standard InChI is InChI=1S/C26H29N5O3/c1-33-22-8-7-21(34-16-22)15-30-23-12-19(18-11-17-9-10-27-24(17)28-13-18)14-29-25(23)31(26(30)32)20-5-3-2-4-6-20/h5,9-14,21-22H,2-4,6-8,15-16H2,1H3,(H,27,28)/t21-,22-/m0/s1. The van der Waals surface area contributed by atoms with Crippen molar-refractivity contribution in [3.8, 4) is 11.1 Å². The molecular formula is C26H29N5O3. The number of H-pyrrole nitrogens is 1. The molecule has 0 spiro atoms. The molecule has 1 aliphatic heterocycles. The third-order valence-electron chi connectivity index (χ3n) is 7.11. The van der Waals surface area contributed by atoms with Gasteiger partial charge in [0.1, 0.15) is 5.65 Å². The Morgan fingerprint density at radius 3 is 2.85 bits per heavy atom. The van der Waals surface area contributed by atoms with E-state index in [1.807, 2.05) is 33.8 Å². The molecule has 8 nitrogen and oxygen atoms in total. The molecule has 4 aromatic rings. The lowest BCUT2D eigenvalue weighted by Gasteiger charge is -2.28. The van der Waals surface area contributed by atoms with Gasteiger partial charge >= 0.3 is 5.69 Å². The zero-order valence-corrected chi connectivity index (χ0v) is 19.4. The molecule has 176 valence electrons. The van der Waals surface area contributed by atoms with Crippen molar-refractivity contribution in [1.29, 1.82) is 0 Å². The summed E-state index contributed by atoms with van der Waals surface area (Å²) in [5, 5.41) is 1.04. The Balaban J connectivity index is 1.45. The summed E-state index contributed by atoms with van der Waals surface area (Å²) in [6, 6.07) is 6.17. The monoisotopic (exact) mass is 459 g/mol. The van der Waals surface area contributed by atoms with Gasteiger partial charge in [-0.05, 0) is 56.7 Å². The van der Waals surface area contributed by atoms with Crippen LogP contribution in [0.4, 0.5) is 0 Å². The van der Waals surface area contributed by atoms with Crippen LogP contribution in [0.2, 0.25) is 0 Å². The summed E-state index contributed by atoms with van der Waals surface area (Å²) in [7, 11) is 1.72. The van der Waals surface area contributed by atoms with Crippen molar-refractivity contribution in [2.75, 3.05) is 13.7 Å². The number of aromatic nitrogens is 5. The number of hydrogen-bond acceptors (Lipinski definition) is 5. The smallest absolute Gasteiger partial charge is 0.334 e. The number of nitrogens with zero attached hydrogens (tertiary/aromatic N) is 4. The van der Waals surface area contributed by atoms with Crippen LogP contribution in [0.25, 0.3) is 39.0 Å². The van der Waals surface area contributed by atoms with Crippen molar-refractivity contribution in [2.45, 2.75) is 57.3 Å². The normalized spacial score (nSPS) is 21.3. The molecule has 0 saturated carbocycles. The lowest BCUT2D eigenvalue weighted by Crippen LogP contribution is -2.36. The van der Waals surface area contributed by atoms with E-state index in [9.17, 15) is 4.79 Å². The second-order valence-corrected chi connectivity index (χ2v) is 9.27. The van der Waals surface area contributed by atoms with Crippen molar-refractivity contribution in [3.05, 3.63) is 53.3 Å². The number of pyridine rings is 2. The Hall–Kier alpha value is -3.23. The van der Waals surface area contributed by atoms with Gasteiger partial charge < -0.3 is 14.5 Å².